The van der Waals surface area contributed by atoms with E-state index in [9.17, 15) is 4.79 Å². The van der Waals surface area contributed by atoms with E-state index < -0.39 is 6.09 Å². The van der Waals surface area contributed by atoms with Gasteiger partial charge in [0.2, 0.25) is 0 Å². The molecule has 0 fully saturated rings. The lowest BCUT2D eigenvalue weighted by Gasteiger charge is -2.10. The summed E-state index contributed by atoms with van der Waals surface area (Å²) >= 11 is 0. The summed E-state index contributed by atoms with van der Waals surface area (Å²) in [6.07, 6.45) is 5.83. The number of carbonyl (C=O) groups is 1. The molecular weight excluding hydrogens is 342 g/mol. The number of alkyl carbamates (subject to hydrolysis) is 1. The van der Waals surface area contributed by atoms with E-state index >= 15 is 0 Å². The Morgan fingerprint density at radius 2 is 1.70 bits per heavy atom. The molecule has 0 atom stereocenters. The fraction of sp³-hybridized carbons (Fsp3) is 0.667. The van der Waals surface area contributed by atoms with Crippen LogP contribution in [0.15, 0.2) is 24.3 Å². The van der Waals surface area contributed by atoms with Gasteiger partial charge in [-0.05, 0) is 63.5 Å². The SMILES string of the molecule is CCCCNCCCCCNCCOc1cccc(CNC(=O)OCC)c1. The van der Waals surface area contributed by atoms with Gasteiger partial charge in [-0.25, -0.2) is 4.79 Å². The van der Waals surface area contributed by atoms with Gasteiger partial charge in [-0.15, -0.1) is 0 Å². The fourth-order valence-corrected chi connectivity index (χ4v) is 2.57. The molecule has 6 nitrogen and oxygen atoms in total. The summed E-state index contributed by atoms with van der Waals surface area (Å²) in [6.45, 7) is 9.58. The number of rotatable bonds is 16. The van der Waals surface area contributed by atoms with Crippen LogP contribution in [0.25, 0.3) is 0 Å². The van der Waals surface area contributed by atoms with Crippen molar-refractivity contribution in [3.05, 3.63) is 29.8 Å². The van der Waals surface area contributed by atoms with E-state index in [0.717, 1.165) is 37.5 Å². The lowest BCUT2D eigenvalue weighted by Crippen LogP contribution is -2.24. The second kappa shape index (κ2) is 16.4. The highest BCUT2D eigenvalue weighted by atomic mass is 16.5. The van der Waals surface area contributed by atoms with Gasteiger partial charge in [0.25, 0.3) is 0 Å². The first-order chi connectivity index (χ1) is 13.3. The Labute approximate surface area is 164 Å². The molecule has 0 unspecified atom stereocenters. The Kier molecular flexibility index (Phi) is 14.1. The predicted octanol–water partition coefficient (Wildman–Crippen LogP) is 3.46. The van der Waals surface area contributed by atoms with Crippen LogP contribution in [0.1, 0.15) is 51.5 Å². The number of nitrogens with one attached hydrogen (secondary N) is 3. The summed E-state index contributed by atoms with van der Waals surface area (Å²) in [6, 6.07) is 7.76. The molecule has 0 aliphatic heterocycles. The van der Waals surface area contributed by atoms with Gasteiger partial charge >= 0.3 is 6.09 Å². The molecule has 0 aliphatic carbocycles. The second-order valence-electron chi connectivity index (χ2n) is 6.48. The molecule has 27 heavy (non-hydrogen) atoms. The number of carbonyl (C=O) groups excluding carboxylic acids is 1. The molecule has 0 spiro atoms. The van der Waals surface area contributed by atoms with Crippen molar-refractivity contribution < 1.29 is 14.3 Å². The van der Waals surface area contributed by atoms with Crippen LogP contribution < -0.4 is 20.7 Å². The largest absolute Gasteiger partial charge is 0.492 e. The summed E-state index contributed by atoms with van der Waals surface area (Å²) in [5, 5.41) is 9.60. The van der Waals surface area contributed by atoms with Crippen molar-refractivity contribution in [2.75, 3.05) is 39.4 Å². The summed E-state index contributed by atoms with van der Waals surface area (Å²) in [7, 11) is 0. The Balaban J connectivity index is 2.01. The molecule has 6 heteroatoms. The van der Waals surface area contributed by atoms with Crippen molar-refractivity contribution in [3.8, 4) is 5.75 Å². The first-order valence-corrected chi connectivity index (χ1v) is 10.3. The molecule has 0 heterocycles. The zero-order valence-corrected chi connectivity index (χ0v) is 17.0. The lowest BCUT2D eigenvalue weighted by molar-refractivity contribution is 0.151. The highest BCUT2D eigenvalue weighted by molar-refractivity contribution is 5.67. The lowest BCUT2D eigenvalue weighted by atomic mass is 10.2. The van der Waals surface area contributed by atoms with Gasteiger partial charge < -0.3 is 25.4 Å². The highest BCUT2D eigenvalue weighted by Gasteiger charge is 2.02. The zero-order chi connectivity index (χ0) is 19.6. The number of hydrogen-bond donors (Lipinski definition) is 3. The molecule has 1 aromatic carbocycles. The fourth-order valence-electron chi connectivity index (χ4n) is 2.57. The minimum absolute atomic E-state index is 0.373. The monoisotopic (exact) mass is 379 g/mol. The second-order valence-corrected chi connectivity index (χ2v) is 6.48. The van der Waals surface area contributed by atoms with E-state index in [-0.39, 0.29) is 0 Å². The third-order valence-corrected chi connectivity index (χ3v) is 4.07. The van der Waals surface area contributed by atoms with E-state index in [0.29, 0.717) is 19.8 Å². The summed E-state index contributed by atoms with van der Waals surface area (Å²) in [5.74, 6) is 0.818. The Morgan fingerprint density at radius 3 is 2.44 bits per heavy atom. The zero-order valence-electron chi connectivity index (χ0n) is 17.0. The maximum Gasteiger partial charge on any atom is 0.407 e. The van der Waals surface area contributed by atoms with Gasteiger partial charge in [-0.3, -0.25) is 0 Å². The first-order valence-electron chi connectivity index (χ1n) is 10.3. The molecule has 154 valence electrons. The van der Waals surface area contributed by atoms with Crippen LogP contribution in [0.2, 0.25) is 0 Å². The van der Waals surface area contributed by atoms with Crippen LogP contribution in [0.5, 0.6) is 5.75 Å². The van der Waals surface area contributed by atoms with Gasteiger partial charge in [0.05, 0.1) is 6.61 Å². The van der Waals surface area contributed by atoms with Crippen molar-refractivity contribution in [2.45, 2.75) is 52.5 Å². The van der Waals surface area contributed by atoms with Crippen LogP contribution in [-0.4, -0.2) is 45.5 Å². The van der Waals surface area contributed by atoms with Gasteiger partial charge in [0, 0.05) is 13.1 Å². The Morgan fingerprint density at radius 1 is 0.963 bits per heavy atom. The van der Waals surface area contributed by atoms with E-state index in [1.165, 1.54) is 32.1 Å². The van der Waals surface area contributed by atoms with Crippen molar-refractivity contribution in [3.63, 3.8) is 0 Å². The Bertz CT molecular complexity index is 497. The van der Waals surface area contributed by atoms with Gasteiger partial charge in [0.1, 0.15) is 12.4 Å². The Hall–Kier alpha value is -1.79. The third kappa shape index (κ3) is 13.1. The van der Waals surface area contributed by atoms with E-state index in [4.69, 9.17) is 9.47 Å². The number of benzene rings is 1. The topological polar surface area (TPSA) is 71.6 Å². The molecule has 0 radical (unpaired) electrons. The quantitative estimate of drug-likeness (QED) is 0.384. The van der Waals surface area contributed by atoms with Gasteiger partial charge in [-0.2, -0.15) is 0 Å². The summed E-state index contributed by atoms with van der Waals surface area (Å²) < 4.78 is 10.6. The van der Waals surface area contributed by atoms with Crippen LogP contribution in [-0.2, 0) is 11.3 Å². The average Bonchev–Trinajstić information content (AvgIpc) is 2.68. The summed E-state index contributed by atoms with van der Waals surface area (Å²) in [5.41, 5.74) is 0.987. The first kappa shape index (κ1) is 23.2. The molecule has 0 bridgehead atoms. The normalized spacial score (nSPS) is 10.6. The van der Waals surface area contributed by atoms with Crippen molar-refractivity contribution >= 4 is 6.09 Å². The number of amides is 1. The minimum Gasteiger partial charge on any atom is -0.492 e. The molecule has 0 aliphatic rings. The molecular formula is C21H37N3O3. The number of unbranched alkanes of at least 4 members (excludes halogenated alkanes) is 3. The molecule has 1 aromatic rings. The summed E-state index contributed by atoms with van der Waals surface area (Å²) in [4.78, 5) is 11.3. The molecule has 0 saturated heterocycles. The molecule has 1 rings (SSSR count). The van der Waals surface area contributed by atoms with Crippen LogP contribution in [0, 0.1) is 0 Å². The van der Waals surface area contributed by atoms with Crippen LogP contribution >= 0.6 is 0 Å². The van der Waals surface area contributed by atoms with E-state index in [2.05, 4.69) is 22.9 Å². The maximum absolute atomic E-state index is 11.3. The van der Waals surface area contributed by atoms with E-state index in [1.807, 2.05) is 24.3 Å². The molecule has 0 saturated carbocycles. The van der Waals surface area contributed by atoms with Crippen molar-refractivity contribution in [2.24, 2.45) is 0 Å². The highest BCUT2D eigenvalue weighted by Crippen LogP contribution is 2.13. The van der Waals surface area contributed by atoms with Crippen LogP contribution in [0.4, 0.5) is 4.79 Å². The van der Waals surface area contributed by atoms with Gasteiger partial charge in [0.15, 0.2) is 0 Å². The predicted molar refractivity (Wildman–Crippen MR) is 110 cm³/mol. The van der Waals surface area contributed by atoms with Crippen LogP contribution in [0.3, 0.4) is 0 Å². The molecule has 3 N–H and O–H groups in total. The standard InChI is InChI=1S/C21H37N3O3/c1-3-5-12-22-13-7-6-8-14-23-15-16-27-20-11-9-10-19(17-20)18-24-21(25)26-4-2/h9-11,17,22-23H,3-8,12-16,18H2,1-2H3,(H,24,25). The number of hydrogen-bond acceptors (Lipinski definition) is 5. The maximum atomic E-state index is 11.3. The van der Waals surface area contributed by atoms with E-state index in [1.54, 1.807) is 6.92 Å². The number of ether oxygens (including phenoxy) is 2. The average molecular weight is 380 g/mol. The molecule has 1 amide bonds. The molecule has 0 aromatic heterocycles. The smallest absolute Gasteiger partial charge is 0.407 e. The van der Waals surface area contributed by atoms with Crippen molar-refractivity contribution in [1.82, 2.24) is 16.0 Å². The minimum atomic E-state index is -0.398. The van der Waals surface area contributed by atoms with Crippen molar-refractivity contribution in [1.29, 1.82) is 0 Å². The third-order valence-electron chi connectivity index (χ3n) is 4.07. The van der Waals surface area contributed by atoms with Gasteiger partial charge in [-0.1, -0.05) is 31.9 Å².